The van der Waals surface area contributed by atoms with Crippen LogP contribution in [0.3, 0.4) is 0 Å². The number of rotatable bonds is 6. The fourth-order valence-corrected chi connectivity index (χ4v) is 6.28. The summed E-state index contributed by atoms with van der Waals surface area (Å²) in [6.07, 6.45) is 10.6. The highest BCUT2D eigenvalue weighted by Gasteiger charge is 2.54. The molecule has 2 aromatic rings. The number of hydrogen-bond acceptors (Lipinski definition) is 2. The van der Waals surface area contributed by atoms with Crippen LogP contribution in [0.4, 0.5) is 8.78 Å². The smallest absolute Gasteiger partial charge is 0.221 e. The molecule has 0 bridgehead atoms. The summed E-state index contributed by atoms with van der Waals surface area (Å²) in [7, 11) is 0. The van der Waals surface area contributed by atoms with Gasteiger partial charge >= 0.3 is 0 Å². The van der Waals surface area contributed by atoms with Crippen molar-refractivity contribution < 1.29 is 18.7 Å². The van der Waals surface area contributed by atoms with Crippen molar-refractivity contribution in [2.75, 3.05) is 0 Å². The molecule has 1 saturated carbocycles. The van der Waals surface area contributed by atoms with Crippen LogP contribution in [0, 0.1) is 17.0 Å². The molecule has 3 N–H and O–H groups in total. The average molecular weight is 476 g/mol. The highest BCUT2D eigenvalue weighted by molar-refractivity contribution is 5.77. The molecule has 0 aromatic heterocycles. The van der Waals surface area contributed by atoms with Crippen LogP contribution in [0.15, 0.2) is 77.4 Å². The van der Waals surface area contributed by atoms with Crippen LogP contribution < -0.4 is 5.73 Å². The van der Waals surface area contributed by atoms with E-state index < -0.39 is 22.7 Å². The minimum Gasteiger partial charge on any atom is -0.389 e. The molecule has 0 saturated heterocycles. The highest BCUT2D eigenvalue weighted by atomic mass is 19.1. The van der Waals surface area contributed by atoms with Gasteiger partial charge in [0.2, 0.25) is 5.91 Å². The van der Waals surface area contributed by atoms with Gasteiger partial charge in [0.1, 0.15) is 11.6 Å². The van der Waals surface area contributed by atoms with Gasteiger partial charge in [0, 0.05) is 16.9 Å². The first-order chi connectivity index (χ1) is 16.7. The van der Waals surface area contributed by atoms with Crippen LogP contribution in [0.2, 0.25) is 0 Å². The number of fused-ring (bicyclic) bond motifs is 1. The number of allylic oxidation sites excluding steroid dienone is 5. The van der Waals surface area contributed by atoms with Gasteiger partial charge in [-0.25, -0.2) is 8.78 Å². The van der Waals surface area contributed by atoms with Crippen LogP contribution in [0.1, 0.15) is 61.6 Å². The van der Waals surface area contributed by atoms with E-state index in [1.165, 1.54) is 34.9 Å². The van der Waals surface area contributed by atoms with Crippen molar-refractivity contribution in [2.24, 2.45) is 11.1 Å². The van der Waals surface area contributed by atoms with Crippen LogP contribution in [0.25, 0.3) is 0 Å². The molecular weight excluding hydrogens is 444 g/mol. The fourth-order valence-electron chi connectivity index (χ4n) is 6.28. The van der Waals surface area contributed by atoms with Crippen molar-refractivity contribution in [1.82, 2.24) is 0 Å². The fraction of sp³-hybridized carbons (Fsp3) is 0.367. The third kappa shape index (κ3) is 4.27. The van der Waals surface area contributed by atoms with Crippen LogP contribution in [-0.2, 0) is 17.6 Å². The lowest BCUT2D eigenvalue weighted by atomic mass is 9.63. The lowest BCUT2D eigenvalue weighted by Crippen LogP contribution is -2.44. The molecule has 3 aliphatic rings. The molecule has 3 atom stereocenters. The van der Waals surface area contributed by atoms with Crippen molar-refractivity contribution >= 4 is 5.91 Å². The number of carbonyl (C=O) groups excluding carboxylic acids is 1. The van der Waals surface area contributed by atoms with E-state index in [1.807, 2.05) is 18.2 Å². The molecule has 3 aliphatic carbocycles. The number of aryl methyl sites for hydroxylation is 1. The Morgan fingerprint density at radius 2 is 1.91 bits per heavy atom. The Morgan fingerprint density at radius 1 is 1.14 bits per heavy atom. The van der Waals surface area contributed by atoms with E-state index >= 15 is 0 Å². The van der Waals surface area contributed by atoms with Crippen molar-refractivity contribution in [3.05, 3.63) is 106 Å². The number of primary amides is 1. The molecule has 0 heterocycles. The summed E-state index contributed by atoms with van der Waals surface area (Å²) in [5.74, 6) is -1.01. The Balaban J connectivity index is 1.35. The first-order valence-electron chi connectivity index (χ1n) is 12.3. The third-order valence-corrected chi connectivity index (χ3v) is 8.49. The van der Waals surface area contributed by atoms with Gasteiger partial charge < -0.3 is 10.8 Å². The van der Waals surface area contributed by atoms with Crippen molar-refractivity contribution in [3.8, 4) is 0 Å². The van der Waals surface area contributed by atoms with Gasteiger partial charge in [-0.15, -0.1) is 0 Å². The van der Waals surface area contributed by atoms with Gasteiger partial charge in [0.05, 0.1) is 12.0 Å². The number of benzene rings is 2. The SMILES string of the molecule is CC12CC3=C(C=C1CC[C@@]2(O)CCc1cccc(F)c1CC(N)=O)CC(c1ccc(F)cc1)C=C3. The lowest BCUT2D eigenvalue weighted by Gasteiger charge is -2.44. The standard InChI is InChI=1S/C30H31F2NO2/c1-29-18-22-6-5-21(19-7-9-25(31)10-8-19)15-23(22)16-24(29)12-14-30(29,35)13-11-20-3-2-4-27(32)26(20)17-28(33)34/h2-10,16,21,35H,11-15,17-18H2,1H3,(H2,33,34)/t21?,29?,30-/m0/s1. The summed E-state index contributed by atoms with van der Waals surface area (Å²) in [5, 5.41) is 11.9. The molecule has 182 valence electrons. The Labute approximate surface area is 205 Å². The number of halogens is 2. The molecule has 3 nitrogen and oxygen atoms in total. The minimum absolute atomic E-state index is 0.140. The number of amides is 1. The Bertz CT molecular complexity index is 1260. The normalized spacial score (nSPS) is 27.4. The van der Waals surface area contributed by atoms with E-state index in [0.717, 1.165) is 30.4 Å². The van der Waals surface area contributed by atoms with Crippen molar-refractivity contribution in [1.29, 1.82) is 0 Å². The van der Waals surface area contributed by atoms with Crippen LogP contribution in [-0.4, -0.2) is 16.6 Å². The van der Waals surface area contributed by atoms with Crippen molar-refractivity contribution in [3.63, 3.8) is 0 Å². The topological polar surface area (TPSA) is 63.3 Å². The van der Waals surface area contributed by atoms with E-state index in [1.54, 1.807) is 6.07 Å². The van der Waals surface area contributed by atoms with Crippen molar-refractivity contribution in [2.45, 2.75) is 63.4 Å². The molecular formula is C30H31F2NO2. The molecule has 0 aliphatic heterocycles. The molecule has 5 heteroatoms. The third-order valence-electron chi connectivity index (χ3n) is 8.49. The second kappa shape index (κ2) is 8.87. The van der Waals surface area contributed by atoms with Gasteiger partial charge in [-0.3, -0.25) is 4.79 Å². The second-order valence-electron chi connectivity index (χ2n) is 10.5. The second-order valence-corrected chi connectivity index (χ2v) is 10.5. The molecule has 0 radical (unpaired) electrons. The molecule has 2 aromatic carbocycles. The van der Waals surface area contributed by atoms with Gasteiger partial charge in [0.25, 0.3) is 0 Å². The minimum atomic E-state index is -0.921. The summed E-state index contributed by atoms with van der Waals surface area (Å²) in [6.45, 7) is 2.14. The molecule has 1 fully saturated rings. The summed E-state index contributed by atoms with van der Waals surface area (Å²) >= 11 is 0. The lowest BCUT2D eigenvalue weighted by molar-refractivity contribution is -0.117. The van der Waals surface area contributed by atoms with E-state index in [2.05, 4.69) is 25.2 Å². The van der Waals surface area contributed by atoms with E-state index in [9.17, 15) is 18.7 Å². The molecule has 0 spiro atoms. The monoisotopic (exact) mass is 475 g/mol. The maximum Gasteiger partial charge on any atom is 0.221 e. The number of nitrogens with two attached hydrogens (primary N) is 1. The van der Waals surface area contributed by atoms with E-state index in [4.69, 9.17) is 5.73 Å². The Morgan fingerprint density at radius 3 is 2.66 bits per heavy atom. The number of hydrogen-bond donors (Lipinski definition) is 2. The largest absolute Gasteiger partial charge is 0.389 e. The summed E-state index contributed by atoms with van der Waals surface area (Å²) < 4.78 is 27.8. The quantitative estimate of drug-likeness (QED) is 0.552. The zero-order chi connectivity index (χ0) is 24.8. The molecule has 35 heavy (non-hydrogen) atoms. The molecule has 2 unspecified atom stereocenters. The summed E-state index contributed by atoms with van der Waals surface area (Å²) in [4.78, 5) is 11.5. The van der Waals surface area contributed by atoms with Gasteiger partial charge in [-0.2, -0.15) is 0 Å². The number of aliphatic hydroxyl groups is 1. The maximum absolute atomic E-state index is 14.4. The molecule has 5 rings (SSSR count). The first-order valence-corrected chi connectivity index (χ1v) is 12.3. The van der Waals surface area contributed by atoms with E-state index in [0.29, 0.717) is 24.8 Å². The highest BCUT2D eigenvalue weighted by Crippen LogP contribution is 2.59. The predicted octanol–water partition coefficient (Wildman–Crippen LogP) is 5.83. The summed E-state index contributed by atoms with van der Waals surface area (Å²) in [5.41, 5.74) is 10.0. The maximum atomic E-state index is 14.4. The molecule has 1 amide bonds. The number of carbonyl (C=O) groups is 1. The van der Waals surface area contributed by atoms with Crippen LogP contribution >= 0.6 is 0 Å². The van der Waals surface area contributed by atoms with Gasteiger partial charge in [-0.1, -0.05) is 55.0 Å². The van der Waals surface area contributed by atoms with Crippen LogP contribution in [0.5, 0.6) is 0 Å². The zero-order valence-electron chi connectivity index (χ0n) is 20.0. The average Bonchev–Trinajstić information content (AvgIpc) is 3.08. The Kier molecular flexibility index (Phi) is 6.00. The first kappa shape index (κ1) is 23.7. The van der Waals surface area contributed by atoms with E-state index in [-0.39, 0.29) is 18.2 Å². The summed E-state index contributed by atoms with van der Waals surface area (Å²) in [6, 6.07) is 11.5. The Hall–Kier alpha value is -3.05. The van der Waals surface area contributed by atoms with Gasteiger partial charge in [0.15, 0.2) is 0 Å². The predicted molar refractivity (Wildman–Crippen MR) is 133 cm³/mol. The van der Waals surface area contributed by atoms with Gasteiger partial charge in [-0.05, 0) is 79.0 Å². The zero-order valence-corrected chi connectivity index (χ0v) is 20.0.